The van der Waals surface area contributed by atoms with Gasteiger partial charge in [-0.1, -0.05) is 17.3 Å². The van der Waals surface area contributed by atoms with Crippen molar-refractivity contribution in [2.45, 2.75) is 18.9 Å². The van der Waals surface area contributed by atoms with Gasteiger partial charge in [0, 0.05) is 26.3 Å². The van der Waals surface area contributed by atoms with Crippen LogP contribution in [-0.4, -0.2) is 41.6 Å². The molecule has 0 spiro atoms. The molecule has 4 rings (SSSR count). The van der Waals surface area contributed by atoms with Gasteiger partial charge in [-0.3, -0.25) is 4.79 Å². The first kappa shape index (κ1) is 19.0. The first-order valence-corrected chi connectivity index (χ1v) is 9.31. The molecule has 1 fully saturated rings. The number of nitrogens with zero attached hydrogens (tertiary/aromatic N) is 4. The summed E-state index contributed by atoms with van der Waals surface area (Å²) in [5.74, 6) is -2.12. The molecule has 0 aliphatic carbocycles. The van der Waals surface area contributed by atoms with Crippen LogP contribution in [0.4, 0.5) is 14.5 Å². The van der Waals surface area contributed by atoms with Crippen LogP contribution in [0.3, 0.4) is 0 Å². The van der Waals surface area contributed by atoms with Crippen LogP contribution >= 0.6 is 0 Å². The Morgan fingerprint density at radius 1 is 1.21 bits per heavy atom. The molecule has 1 aliphatic heterocycles. The Bertz CT molecular complexity index is 1050. The molecule has 0 radical (unpaired) electrons. The zero-order valence-electron chi connectivity index (χ0n) is 16.1. The van der Waals surface area contributed by atoms with E-state index in [1.807, 2.05) is 37.2 Å². The van der Waals surface area contributed by atoms with Crippen LogP contribution < -0.4 is 4.90 Å². The van der Waals surface area contributed by atoms with Crippen molar-refractivity contribution in [3.63, 3.8) is 0 Å². The van der Waals surface area contributed by atoms with Gasteiger partial charge in [0.05, 0.1) is 11.6 Å². The normalized spacial score (nSPS) is 16.3. The minimum Gasteiger partial charge on any atom is -0.378 e. The third kappa shape index (κ3) is 3.70. The fraction of sp³-hybridized carbons (Fsp3) is 0.286. The molecular weight excluding hydrogens is 378 g/mol. The van der Waals surface area contributed by atoms with Gasteiger partial charge in [0.2, 0.25) is 0 Å². The number of likely N-dealkylation sites (tertiary alicyclic amines) is 1. The second-order valence-corrected chi connectivity index (χ2v) is 7.19. The molecule has 150 valence electrons. The smallest absolute Gasteiger partial charge is 0.295 e. The first-order chi connectivity index (χ1) is 13.9. The molecule has 6 nitrogen and oxygen atoms in total. The summed E-state index contributed by atoms with van der Waals surface area (Å²) in [6, 6.07) is 10.8. The van der Waals surface area contributed by atoms with Gasteiger partial charge in [-0.2, -0.15) is 4.98 Å². The summed E-state index contributed by atoms with van der Waals surface area (Å²) in [5, 5.41) is 3.71. The highest BCUT2D eigenvalue weighted by Crippen LogP contribution is 2.34. The van der Waals surface area contributed by atoms with Crippen molar-refractivity contribution >= 4 is 11.6 Å². The van der Waals surface area contributed by atoms with Crippen LogP contribution in [0.15, 0.2) is 47.0 Å². The molecule has 1 aromatic heterocycles. The molecule has 1 atom stereocenters. The van der Waals surface area contributed by atoms with Gasteiger partial charge in [0.25, 0.3) is 17.6 Å². The summed E-state index contributed by atoms with van der Waals surface area (Å²) >= 11 is 0. The van der Waals surface area contributed by atoms with Crippen LogP contribution in [0.5, 0.6) is 0 Å². The highest BCUT2D eigenvalue weighted by atomic mass is 19.1. The Morgan fingerprint density at radius 3 is 2.83 bits per heavy atom. The van der Waals surface area contributed by atoms with E-state index < -0.39 is 17.5 Å². The summed E-state index contributed by atoms with van der Waals surface area (Å²) in [6.07, 6.45) is 1.68. The van der Waals surface area contributed by atoms with Crippen molar-refractivity contribution in [2.24, 2.45) is 0 Å². The average Bonchev–Trinajstić information content (AvgIpc) is 3.39. The first-order valence-electron chi connectivity index (χ1n) is 9.31. The summed E-state index contributed by atoms with van der Waals surface area (Å²) in [4.78, 5) is 20.7. The quantitative estimate of drug-likeness (QED) is 0.663. The van der Waals surface area contributed by atoms with E-state index >= 15 is 0 Å². The molecule has 3 aromatic rings. The van der Waals surface area contributed by atoms with Gasteiger partial charge < -0.3 is 14.3 Å². The van der Waals surface area contributed by atoms with Crippen LogP contribution in [0.2, 0.25) is 0 Å². The predicted molar refractivity (Wildman–Crippen MR) is 103 cm³/mol. The minimum absolute atomic E-state index is 0.102. The Kier molecular flexibility index (Phi) is 5.00. The maximum Gasteiger partial charge on any atom is 0.295 e. The van der Waals surface area contributed by atoms with Gasteiger partial charge in [0.1, 0.15) is 11.6 Å². The molecule has 1 aliphatic rings. The van der Waals surface area contributed by atoms with Crippen LogP contribution in [0.1, 0.15) is 35.1 Å². The van der Waals surface area contributed by atoms with Crippen LogP contribution in [0, 0.1) is 11.6 Å². The number of anilines is 1. The highest BCUT2D eigenvalue weighted by molar-refractivity contribution is 5.91. The Morgan fingerprint density at radius 2 is 2.03 bits per heavy atom. The summed E-state index contributed by atoms with van der Waals surface area (Å²) < 4.78 is 32.4. The second kappa shape index (κ2) is 7.62. The van der Waals surface area contributed by atoms with E-state index in [0.717, 1.165) is 42.3 Å². The summed E-state index contributed by atoms with van der Waals surface area (Å²) in [6.45, 7) is 0.563. The molecule has 1 amide bonds. The molecule has 0 bridgehead atoms. The average molecular weight is 398 g/mol. The third-order valence-electron chi connectivity index (χ3n) is 5.06. The van der Waals surface area contributed by atoms with Crippen LogP contribution in [0.25, 0.3) is 11.5 Å². The minimum atomic E-state index is -0.700. The number of amides is 1. The topological polar surface area (TPSA) is 62.5 Å². The van der Waals surface area contributed by atoms with Crippen molar-refractivity contribution in [1.82, 2.24) is 15.0 Å². The Labute approximate surface area is 166 Å². The van der Waals surface area contributed by atoms with Gasteiger partial charge in [-0.05, 0) is 48.7 Å². The zero-order valence-corrected chi connectivity index (χ0v) is 16.1. The molecule has 2 heterocycles. The second-order valence-electron chi connectivity index (χ2n) is 7.19. The highest BCUT2D eigenvalue weighted by Gasteiger charge is 2.33. The Balaban J connectivity index is 1.60. The number of rotatable bonds is 4. The van der Waals surface area contributed by atoms with Gasteiger partial charge >= 0.3 is 0 Å². The number of benzene rings is 2. The standard InChI is InChI=1S/C21H20F2N4O2/c1-26(2)15-6-3-5-13(11-15)18-7-4-10-27(18)21(28)19-24-20(29-25-19)16-12-14(22)8-9-17(16)23/h3,5-6,8-9,11-12,18H,4,7,10H2,1-2H3/t18-/m1/s1. The van der Waals surface area contributed by atoms with Gasteiger partial charge in [-0.25, -0.2) is 8.78 Å². The van der Waals surface area contributed by atoms with Crippen LogP contribution in [-0.2, 0) is 0 Å². The lowest BCUT2D eigenvalue weighted by Crippen LogP contribution is -2.31. The number of aromatic nitrogens is 2. The molecule has 1 saturated heterocycles. The molecule has 2 aromatic carbocycles. The number of hydrogen-bond acceptors (Lipinski definition) is 5. The van der Waals surface area contributed by atoms with Gasteiger partial charge in [-0.15, -0.1) is 0 Å². The summed E-state index contributed by atoms with van der Waals surface area (Å²) in [5.41, 5.74) is 1.90. The number of hydrogen-bond donors (Lipinski definition) is 0. The lowest BCUT2D eigenvalue weighted by atomic mass is 10.0. The molecular formula is C21H20F2N4O2. The van der Waals surface area contributed by atoms with E-state index in [2.05, 4.69) is 16.2 Å². The van der Waals surface area contributed by atoms with E-state index in [9.17, 15) is 13.6 Å². The van der Waals surface area contributed by atoms with Crippen molar-refractivity contribution in [2.75, 3.05) is 25.5 Å². The van der Waals surface area contributed by atoms with Crippen molar-refractivity contribution in [3.8, 4) is 11.5 Å². The monoisotopic (exact) mass is 398 g/mol. The molecule has 29 heavy (non-hydrogen) atoms. The largest absolute Gasteiger partial charge is 0.378 e. The molecule has 8 heteroatoms. The molecule has 0 saturated carbocycles. The van der Waals surface area contributed by atoms with Crippen molar-refractivity contribution in [1.29, 1.82) is 0 Å². The van der Waals surface area contributed by atoms with E-state index in [0.29, 0.717) is 6.54 Å². The van der Waals surface area contributed by atoms with Gasteiger partial charge in [0.15, 0.2) is 0 Å². The fourth-order valence-electron chi connectivity index (χ4n) is 3.58. The van der Waals surface area contributed by atoms with E-state index in [1.54, 1.807) is 4.90 Å². The maximum atomic E-state index is 14.0. The Hall–Kier alpha value is -3.29. The predicted octanol–water partition coefficient (Wildman–Crippen LogP) is 4.06. The maximum absolute atomic E-state index is 14.0. The van der Waals surface area contributed by atoms with Crippen molar-refractivity contribution in [3.05, 3.63) is 65.5 Å². The number of halogens is 2. The SMILES string of the molecule is CN(C)c1cccc([C@H]2CCCN2C(=O)c2noc(-c3cc(F)ccc3F)n2)c1. The van der Waals surface area contributed by atoms with E-state index in [-0.39, 0.29) is 23.3 Å². The lowest BCUT2D eigenvalue weighted by molar-refractivity contribution is 0.0720. The zero-order chi connectivity index (χ0) is 20.5. The number of carbonyl (C=O) groups is 1. The lowest BCUT2D eigenvalue weighted by Gasteiger charge is -2.25. The number of carbonyl (C=O) groups excluding carboxylic acids is 1. The third-order valence-corrected chi connectivity index (χ3v) is 5.06. The van der Waals surface area contributed by atoms with Crippen molar-refractivity contribution < 1.29 is 18.1 Å². The van der Waals surface area contributed by atoms with E-state index in [4.69, 9.17) is 4.52 Å². The summed E-state index contributed by atoms with van der Waals surface area (Å²) in [7, 11) is 3.92. The molecule has 0 N–H and O–H groups in total. The fourth-order valence-corrected chi connectivity index (χ4v) is 3.58. The molecule has 0 unspecified atom stereocenters. The van der Waals surface area contributed by atoms with E-state index in [1.165, 1.54) is 0 Å².